The van der Waals surface area contributed by atoms with Crippen molar-refractivity contribution in [2.75, 3.05) is 29.1 Å². The van der Waals surface area contributed by atoms with E-state index in [0.29, 0.717) is 41.1 Å². The summed E-state index contributed by atoms with van der Waals surface area (Å²) in [5.74, 6) is -0.562. The maximum Gasteiger partial charge on any atom is 0.306 e. The molecule has 4 aromatic rings. The van der Waals surface area contributed by atoms with Gasteiger partial charge in [-0.3, -0.25) is 14.4 Å². The van der Waals surface area contributed by atoms with Crippen LogP contribution in [-0.4, -0.2) is 37.0 Å². The molecule has 0 radical (unpaired) electrons. The molecule has 1 aliphatic rings. The summed E-state index contributed by atoms with van der Waals surface area (Å²) < 4.78 is 5.37. The number of rotatable bonds is 12. The van der Waals surface area contributed by atoms with Gasteiger partial charge in [0, 0.05) is 48.2 Å². The van der Waals surface area contributed by atoms with E-state index in [1.54, 1.807) is 30.1 Å². The van der Waals surface area contributed by atoms with E-state index in [9.17, 15) is 14.4 Å². The van der Waals surface area contributed by atoms with Gasteiger partial charge in [0.2, 0.25) is 0 Å². The van der Waals surface area contributed by atoms with Crippen molar-refractivity contribution < 1.29 is 19.1 Å². The Labute approximate surface area is 276 Å². The number of nitrogens with zero attached hydrogens (tertiary/aromatic N) is 1. The molecule has 0 fully saturated rings. The number of para-hydroxylation sites is 1. The lowest BCUT2D eigenvalue weighted by Gasteiger charge is -2.19. The maximum atomic E-state index is 13.5. The van der Waals surface area contributed by atoms with Crippen LogP contribution >= 0.6 is 0 Å². The monoisotopic (exact) mass is 630 g/mol. The number of amides is 2. The molecule has 1 heterocycles. The third-order valence-corrected chi connectivity index (χ3v) is 7.73. The molecule has 8 heteroatoms. The van der Waals surface area contributed by atoms with E-state index in [2.05, 4.69) is 16.0 Å². The molecule has 5 rings (SSSR count). The van der Waals surface area contributed by atoms with Crippen molar-refractivity contribution in [1.29, 1.82) is 0 Å². The number of esters is 1. The van der Waals surface area contributed by atoms with Crippen LogP contribution in [0.5, 0.6) is 0 Å². The van der Waals surface area contributed by atoms with E-state index in [4.69, 9.17) is 4.74 Å². The van der Waals surface area contributed by atoms with Gasteiger partial charge in [0.25, 0.3) is 11.8 Å². The van der Waals surface area contributed by atoms with Crippen LogP contribution in [0.3, 0.4) is 0 Å². The van der Waals surface area contributed by atoms with Gasteiger partial charge in [0.15, 0.2) is 0 Å². The molecule has 0 saturated heterocycles. The summed E-state index contributed by atoms with van der Waals surface area (Å²) in [6.45, 7) is 7.13. The van der Waals surface area contributed by atoms with Gasteiger partial charge in [-0.1, -0.05) is 60.7 Å². The van der Waals surface area contributed by atoms with Crippen molar-refractivity contribution in [3.63, 3.8) is 0 Å². The largest absolute Gasteiger partial charge is 0.460 e. The van der Waals surface area contributed by atoms with Crippen LogP contribution in [0.1, 0.15) is 67.1 Å². The van der Waals surface area contributed by atoms with E-state index in [1.165, 1.54) is 0 Å². The molecule has 0 aromatic heterocycles. The topological polar surface area (TPSA) is 99.8 Å². The Morgan fingerprint density at radius 3 is 2.19 bits per heavy atom. The van der Waals surface area contributed by atoms with Gasteiger partial charge in [0.1, 0.15) is 5.60 Å². The van der Waals surface area contributed by atoms with Gasteiger partial charge in [0.05, 0.1) is 11.3 Å². The predicted molar refractivity (Wildman–Crippen MR) is 189 cm³/mol. The van der Waals surface area contributed by atoms with Crippen molar-refractivity contribution in [3.8, 4) is 0 Å². The minimum atomic E-state index is -0.452. The number of carbonyl (C=O) groups excluding carboxylic acids is 3. The Hall–Kier alpha value is -5.21. The molecule has 242 valence electrons. The van der Waals surface area contributed by atoms with Crippen LogP contribution in [0.2, 0.25) is 0 Å². The zero-order valence-corrected chi connectivity index (χ0v) is 27.4. The summed E-state index contributed by atoms with van der Waals surface area (Å²) in [4.78, 5) is 40.4. The first-order valence-corrected chi connectivity index (χ1v) is 16.0. The Morgan fingerprint density at radius 2 is 1.51 bits per heavy atom. The summed E-state index contributed by atoms with van der Waals surface area (Å²) in [5, 5.41) is 9.92. The SMILES string of the molecule is CN(C(=O)c1ccc2c(c1)/C(=C(/Nc1ccc(CNCCCCC(=O)OC(C)(C)C)cc1)c1ccccc1)C(=O)N2)c1ccccc1. The molecule has 0 saturated carbocycles. The van der Waals surface area contributed by atoms with E-state index >= 15 is 0 Å². The molecule has 0 spiro atoms. The molecular formula is C39H42N4O4. The van der Waals surface area contributed by atoms with Crippen LogP contribution in [0.25, 0.3) is 11.3 Å². The summed E-state index contributed by atoms with van der Waals surface area (Å²) >= 11 is 0. The summed E-state index contributed by atoms with van der Waals surface area (Å²) in [6.07, 6.45) is 2.08. The van der Waals surface area contributed by atoms with Gasteiger partial charge >= 0.3 is 5.97 Å². The van der Waals surface area contributed by atoms with Crippen LogP contribution < -0.4 is 20.9 Å². The third kappa shape index (κ3) is 8.74. The summed E-state index contributed by atoms with van der Waals surface area (Å²) in [5.41, 5.74) is 6.06. The maximum absolute atomic E-state index is 13.5. The minimum Gasteiger partial charge on any atom is -0.460 e. The predicted octanol–water partition coefficient (Wildman–Crippen LogP) is 7.50. The lowest BCUT2D eigenvalue weighted by molar-refractivity contribution is -0.154. The molecular weight excluding hydrogens is 588 g/mol. The lowest BCUT2D eigenvalue weighted by Crippen LogP contribution is -2.26. The Balaban J connectivity index is 1.30. The molecule has 4 aromatic carbocycles. The molecule has 1 aliphatic heterocycles. The van der Waals surface area contributed by atoms with Crippen LogP contribution in [-0.2, 0) is 20.9 Å². The number of nitrogens with one attached hydrogen (secondary N) is 3. The molecule has 3 N–H and O–H groups in total. The second kappa shape index (κ2) is 14.9. The normalized spacial score (nSPS) is 13.4. The van der Waals surface area contributed by atoms with Crippen LogP contribution in [0.15, 0.2) is 103 Å². The first-order chi connectivity index (χ1) is 22.6. The lowest BCUT2D eigenvalue weighted by atomic mass is 9.98. The molecule has 47 heavy (non-hydrogen) atoms. The fraction of sp³-hybridized carbons (Fsp3) is 0.256. The number of ether oxygens (including phenoxy) is 1. The van der Waals surface area contributed by atoms with Crippen molar-refractivity contribution in [3.05, 3.63) is 125 Å². The number of hydrogen-bond donors (Lipinski definition) is 3. The van der Waals surface area contributed by atoms with Crippen molar-refractivity contribution >= 4 is 46.1 Å². The first kappa shape index (κ1) is 33.2. The molecule has 8 nitrogen and oxygen atoms in total. The van der Waals surface area contributed by atoms with Gasteiger partial charge in [-0.15, -0.1) is 0 Å². The average molecular weight is 631 g/mol. The highest BCUT2D eigenvalue weighted by molar-refractivity contribution is 6.37. The Kier molecular flexibility index (Phi) is 10.5. The Morgan fingerprint density at radius 1 is 0.830 bits per heavy atom. The number of carbonyl (C=O) groups is 3. The molecule has 0 bridgehead atoms. The Bertz CT molecular complexity index is 1740. The summed E-state index contributed by atoms with van der Waals surface area (Å²) in [7, 11) is 1.74. The standard InChI is InChI=1S/C39H42N4O4/c1-39(2,3)47-34(44)17-11-12-24-40-26-27-18-21-30(22-19-27)41-36(28-13-7-5-8-14-28)35-32-25-29(20-23-33(32)42-37(35)45)38(46)43(4)31-15-9-6-10-16-31/h5-10,13-16,18-23,25,40-41H,11-12,17,24,26H2,1-4H3,(H,42,45)/b36-35-. The zero-order chi connectivity index (χ0) is 33.4. The van der Waals surface area contributed by atoms with Gasteiger partial charge in [-0.25, -0.2) is 0 Å². The zero-order valence-electron chi connectivity index (χ0n) is 27.4. The van der Waals surface area contributed by atoms with Gasteiger partial charge in [-0.2, -0.15) is 0 Å². The van der Waals surface area contributed by atoms with E-state index in [-0.39, 0.29) is 17.8 Å². The van der Waals surface area contributed by atoms with E-state index < -0.39 is 5.60 Å². The number of fused-ring (bicyclic) bond motifs is 1. The fourth-order valence-electron chi connectivity index (χ4n) is 5.39. The second-order valence-corrected chi connectivity index (χ2v) is 12.6. The van der Waals surface area contributed by atoms with E-state index in [0.717, 1.165) is 41.9 Å². The smallest absolute Gasteiger partial charge is 0.306 e. The average Bonchev–Trinajstić information content (AvgIpc) is 3.39. The third-order valence-electron chi connectivity index (χ3n) is 7.73. The highest BCUT2D eigenvalue weighted by atomic mass is 16.6. The number of anilines is 3. The van der Waals surface area contributed by atoms with Crippen molar-refractivity contribution in [2.24, 2.45) is 0 Å². The molecule has 0 atom stereocenters. The molecule has 0 unspecified atom stereocenters. The van der Waals surface area contributed by atoms with E-state index in [1.807, 2.05) is 106 Å². The number of hydrogen-bond acceptors (Lipinski definition) is 6. The molecule has 0 aliphatic carbocycles. The molecule has 2 amide bonds. The van der Waals surface area contributed by atoms with Crippen LogP contribution in [0.4, 0.5) is 17.1 Å². The number of benzene rings is 4. The van der Waals surface area contributed by atoms with Crippen molar-refractivity contribution in [2.45, 2.75) is 52.2 Å². The highest BCUT2D eigenvalue weighted by Gasteiger charge is 2.30. The quantitative estimate of drug-likeness (QED) is 0.0852. The van der Waals surface area contributed by atoms with Gasteiger partial charge < -0.3 is 25.6 Å². The minimum absolute atomic E-state index is 0.159. The fourth-order valence-corrected chi connectivity index (χ4v) is 5.39. The van der Waals surface area contributed by atoms with Gasteiger partial charge in [-0.05, 0) is 93.7 Å². The van der Waals surface area contributed by atoms with Crippen LogP contribution in [0, 0.1) is 0 Å². The highest BCUT2D eigenvalue weighted by Crippen LogP contribution is 2.38. The summed E-state index contributed by atoms with van der Waals surface area (Å²) in [6, 6.07) is 32.6. The second-order valence-electron chi connectivity index (χ2n) is 12.6. The first-order valence-electron chi connectivity index (χ1n) is 16.0. The number of unbranched alkanes of at least 4 members (excludes halogenated alkanes) is 1. The van der Waals surface area contributed by atoms with Crippen molar-refractivity contribution in [1.82, 2.24) is 5.32 Å².